The molecule has 4 heterocycles. The van der Waals surface area contributed by atoms with E-state index in [9.17, 15) is 4.79 Å². The molecule has 0 saturated carbocycles. The first kappa shape index (κ1) is 26.9. The fraction of sp³-hybridized carbons (Fsp3) is 0.613. The number of carbonyl (C=O) groups excluding carboxylic acids is 1. The topological polar surface area (TPSA) is 52.2 Å². The molecule has 5 rings (SSSR count). The van der Waals surface area contributed by atoms with Gasteiger partial charge in [0.25, 0.3) is 0 Å². The highest BCUT2D eigenvalue weighted by atomic mass is 16.5. The van der Waals surface area contributed by atoms with Gasteiger partial charge >= 0.3 is 0 Å². The molecule has 0 bridgehead atoms. The molecule has 3 aliphatic rings. The molecule has 38 heavy (non-hydrogen) atoms. The Morgan fingerprint density at radius 3 is 2.47 bits per heavy atom. The van der Waals surface area contributed by atoms with E-state index < -0.39 is 0 Å². The molecule has 1 aromatic carbocycles. The lowest BCUT2D eigenvalue weighted by Gasteiger charge is -2.47. The number of hydrogen-bond acceptors (Lipinski definition) is 6. The van der Waals surface area contributed by atoms with E-state index >= 15 is 0 Å². The monoisotopic (exact) mass is 519 g/mol. The van der Waals surface area contributed by atoms with Crippen molar-refractivity contribution < 1.29 is 9.53 Å². The summed E-state index contributed by atoms with van der Waals surface area (Å²) in [6.45, 7) is 9.13. The van der Waals surface area contributed by atoms with E-state index in [-0.39, 0.29) is 0 Å². The van der Waals surface area contributed by atoms with Gasteiger partial charge in [0.05, 0.1) is 12.8 Å². The highest BCUT2D eigenvalue weighted by Crippen LogP contribution is 2.32. The number of anilines is 1. The minimum Gasteiger partial charge on any atom is -0.495 e. The number of rotatable bonds is 8. The Hall–Kier alpha value is -2.64. The van der Waals surface area contributed by atoms with Crippen LogP contribution in [0.2, 0.25) is 0 Å². The Balaban J connectivity index is 1.22. The van der Waals surface area contributed by atoms with Crippen molar-refractivity contribution >= 4 is 11.6 Å². The van der Waals surface area contributed by atoms with E-state index in [0.717, 1.165) is 90.3 Å². The fourth-order valence-electron chi connectivity index (χ4n) is 6.73. The zero-order valence-corrected chi connectivity index (χ0v) is 23.1. The Morgan fingerprint density at radius 1 is 0.947 bits per heavy atom. The van der Waals surface area contributed by atoms with Crippen LogP contribution in [0.4, 0.5) is 5.69 Å². The molecular weight excluding hydrogens is 474 g/mol. The molecule has 1 aromatic heterocycles. The van der Waals surface area contributed by atoms with Gasteiger partial charge in [-0.2, -0.15) is 0 Å². The van der Waals surface area contributed by atoms with E-state index in [2.05, 4.69) is 48.8 Å². The first-order chi connectivity index (χ1) is 18.7. The van der Waals surface area contributed by atoms with Crippen molar-refractivity contribution in [1.29, 1.82) is 0 Å². The van der Waals surface area contributed by atoms with Gasteiger partial charge in [0, 0.05) is 77.2 Å². The van der Waals surface area contributed by atoms with Gasteiger partial charge in [-0.1, -0.05) is 31.0 Å². The molecule has 1 amide bonds. The van der Waals surface area contributed by atoms with Crippen LogP contribution in [-0.2, 0) is 11.3 Å². The standard InChI is InChI=1S/C31H45N5O2/c1-38-30-11-5-4-10-29(30)35-21-19-34(20-22-35)28-14-18-33(24-26-9-8-15-32-23-26)25-27(28)12-13-31(37)36-16-6-2-3-7-17-36/h4-5,8-11,15,23,27-28H,2-3,6-7,12-14,16-22,24-25H2,1H3/t27-,28+/m0/s1. The molecule has 0 aliphatic carbocycles. The van der Waals surface area contributed by atoms with Crippen molar-refractivity contribution in [2.24, 2.45) is 5.92 Å². The smallest absolute Gasteiger partial charge is 0.222 e. The summed E-state index contributed by atoms with van der Waals surface area (Å²) in [5.41, 5.74) is 2.47. The lowest BCUT2D eigenvalue weighted by Crippen LogP contribution is -2.56. The summed E-state index contributed by atoms with van der Waals surface area (Å²) in [6, 6.07) is 13.1. The SMILES string of the molecule is COc1ccccc1N1CCN([C@@H]2CCN(Cc3cccnc3)C[C@@H]2CCC(=O)N2CCCCCC2)CC1. The van der Waals surface area contributed by atoms with Gasteiger partial charge in [0.2, 0.25) is 5.91 Å². The predicted octanol–water partition coefficient (Wildman–Crippen LogP) is 4.29. The van der Waals surface area contributed by atoms with Crippen LogP contribution in [0.15, 0.2) is 48.8 Å². The number of carbonyl (C=O) groups is 1. The number of methoxy groups -OCH3 is 1. The summed E-state index contributed by atoms with van der Waals surface area (Å²) in [6.07, 6.45) is 11.5. The molecule has 0 spiro atoms. The summed E-state index contributed by atoms with van der Waals surface area (Å²) in [5.74, 6) is 1.83. The molecule has 7 heteroatoms. The third kappa shape index (κ3) is 6.86. The summed E-state index contributed by atoms with van der Waals surface area (Å²) in [7, 11) is 1.76. The lowest BCUT2D eigenvalue weighted by molar-refractivity contribution is -0.131. The Labute approximate surface area is 228 Å². The number of likely N-dealkylation sites (tertiary alicyclic amines) is 2. The minimum absolute atomic E-state index is 0.371. The van der Waals surface area contributed by atoms with E-state index in [4.69, 9.17) is 4.74 Å². The number of piperazine rings is 1. The zero-order valence-electron chi connectivity index (χ0n) is 23.1. The second-order valence-electron chi connectivity index (χ2n) is 11.2. The van der Waals surface area contributed by atoms with Gasteiger partial charge in [0.1, 0.15) is 5.75 Å². The molecular formula is C31H45N5O2. The van der Waals surface area contributed by atoms with Gasteiger partial charge in [-0.3, -0.25) is 19.6 Å². The fourth-order valence-corrected chi connectivity index (χ4v) is 6.73. The maximum Gasteiger partial charge on any atom is 0.222 e. The minimum atomic E-state index is 0.371. The van der Waals surface area contributed by atoms with Crippen molar-refractivity contribution in [3.63, 3.8) is 0 Å². The van der Waals surface area contributed by atoms with Crippen molar-refractivity contribution in [1.82, 2.24) is 19.7 Å². The molecule has 0 radical (unpaired) electrons. The number of nitrogens with zero attached hydrogens (tertiary/aromatic N) is 5. The van der Waals surface area contributed by atoms with Gasteiger partial charge in [-0.25, -0.2) is 0 Å². The lowest BCUT2D eigenvalue weighted by atomic mass is 9.86. The quantitative estimate of drug-likeness (QED) is 0.519. The van der Waals surface area contributed by atoms with E-state index in [0.29, 0.717) is 24.3 Å². The molecule has 7 nitrogen and oxygen atoms in total. The molecule has 3 fully saturated rings. The van der Waals surface area contributed by atoms with Crippen LogP contribution in [0.25, 0.3) is 0 Å². The number of para-hydroxylation sites is 2. The number of pyridine rings is 1. The molecule has 206 valence electrons. The second kappa shape index (κ2) is 13.4. The molecule has 0 unspecified atom stereocenters. The summed E-state index contributed by atoms with van der Waals surface area (Å²) in [5, 5.41) is 0. The average Bonchev–Trinajstić information content (AvgIpc) is 3.27. The highest BCUT2D eigenvalue weighted by molar-refractivity contribution is 5.76. The number of amides is 1. The molecule has 0 N–H and O–H groups in total. The number of aromatic nitrogens is 1. The normalized spacial score (nSPS) is 23.7. The van der Waals surface area contributed by atoms with Crippen LogP contribution in [0.1, 0.15) is 50.5 Å². The third-order valence-corrected chi connectivity index (χ3v) is 8.80. The van der Waals surface area contributed by atoms with Gasteiger partial charge < -0.3 is 14.5 Å². The van der Waals surface area contributed by atoms with Crippen LogP contribution in [0, 0.1) is 5.92 Å². The zero-order chi connectivity index (χ0) is 26.2. The first-order valence-corrected chi connectivity index (χ1v) is 14.7. The van der Waals surface area contributed by atoms with Crippen molar-refractivity contribution in [2.45, 2.75) is 57.5 Å². The molecule has 3 saturated heterocycles. The van der Waals surface area contributed by atoms with Gasteiger partial charge in [-0.05, 0) is 61.9 Å². The van der Waals surface area contributed by atoms with Crippen LogP contribution < -0.4 is 9.64 Å². The number of hydrogen-bond donors (Lipinski definition) is 0. The highest BCUT2D eigenvalue weighted by Gasteiger charge is 2.35. The average molecular weight is 520 g/mol. The van der Waals surface area contributed by atoms with Crippen LogP contribution in [0.5, 0.6) is 5.75 Å². The molecule has 2 atom stereocenters. The number of ether oxygens (including phenoxy) is 1. The van der Waals surface area contributed by atoms with Gasteiger partial charge in [0.15, 0.2) is 0 Å². The van der Waals surface area contributed by atoms with Crippen molar-refractivity contribution in [3.05, 3.63) is 54.4 Å². The van der Waals surface area contributed by atoms with E-state index in [1.807, 2.05) is 24.5 Å². The maximum atomic E-state index is 13.2. The molecule has 3 aliphatic heterocycles. The van der Waals surface area contributed by atoms with E-state index in [1.54, 1.807) is 7.11 Å². The number of piperidine rings is 1. The largest absolute Gasteiger partial charge is 0.495 e. The summed E-state index contributed by atoms with van der Waals surface area (Å²) in [4.78, 5) is 27.4. The summed E-state index contributed by atoms with van der Waals surface area (Å²) >= 11 is 0. The second-order valence-corrected chi connectivity index (χ2v) is 11.2. The van der Waals surface area contributed by atoms with Crippen molar-refractivity contribution in [2.75, 3.05) is 64.4 Å². The summed E-state index contributed by atoms with van der Waals surface area (Å²) < 4.78 is 5.63. The molecule has 2 aromatic rings. The van der Waals surface area contributed by atoms with Crippen LogP contribution in [-0.4, -0.2) is 91.1 Å². The third-order valence-electron chi connectivity index (χ3n) is 8.80. The van der Waals surface area contributed by atoms with Crippen LogP contribution >= 0.6 is 0 Å². The van der Waals surface area contributed by atoms with Crippen molar-refractivity contribution in [3.8, 4) is 5.75 Å². The Morgan fingerprint density at radius 2 is 1.74 bits per heavy atom. The Kier molecular flexibility index (Phi) is 9.52. The van der Waals surface area contributed by atoms with E-state index in [1.165, 1.54) is 24.1 Å². The van der Waals surface area contributed by atoms with Crippen LogP contribution in [0.3, 0.4) is 0 Å². The Bertz CT molecular complexity index is 1000. The number of benzene rings is 1. The van der Waals surface area contributed by atoms with Gasteiger partial charge in [-0.15, -0.1) is 0 Å². The predicted molar refractivity (Wildman–Crippen MR) is 152 cm³/mol. The maximum absolute atomic E-state index is 13.2. The first-order valence-electron chi connectivity index (χ1n) is 14.7.